The lowest BCUT2D eigenvalue weighted by molar-refractivity contribution is -0.165. The van der Waals surface area contributed by atoms with E-state index >= 15 is 0 Å². The number of hydrogen-bond donors (Lipinski definition) is 2. The van der Waals surface area contributed by atoms with Crippen LogP contribution in [-0.2, 0) is 11.3 Å². The van der Waals surface area contributed by atoms with Crippen LogP contribution < -0.4 is 0 Å². The van der Waals surface area contributed by atoms with Crippen LogP contribution in [0.1, 0.15) is 36.9 Å². The van der Waals surface area contributed by atoms with Gasteiger partial charge in [0.15, 0.2) is 0 Å². The average Bonchev–Trinajstić information content (AvgIpc) is 3.28. The van der Waals surface area contributed by atoms with Crippen molar-refractivity contribution in [3.05, 3.63) is 29.6 Å². The SMILES string of the molecule is Cc1ncccc1CN1CC[C@@H](O)[C@](CC2CC2)(C(=O)O)C1. The summed E-state index contributed by atoms with van der Waals surface area (Å²) in [4.78, 5) is 18.4. The molecule has 2 atom stereocenters. The smallest absolute Gasteiger partial charge is 0.313 e. The number of aryl methyl sites for hydroxylation is 1. The van der Waals surface area contributed by atoms with Gasteiger partial charge in [-0.1, -0.05) is 18.9 Å². The van der Waals surface area contributed by atoms with E-state index in [1.807, 2.05) is 19.1 Å². The molecule has 2 heterocycles. The minimum absolute atomic E-state index is 0.425. The molecular formula is C17H24N2O3. The molecule has 1 aliphatic carbocycles. The van der Waals surface area contributed by atoms with E-state index in [0.29, 0.717) is 31.8 Å². The summed E-state index contributed by atoms with van der Waals surface area (Å²) in [6.07, 6.45) is 4.36. The summed E-state index contributed by atoms with van der Waals surface area (Å²) < 4.78 is 0. The molecule has 0 amide bonds. The van der Waals surface area contributed by atoms with Gasteiger partial charge < -0.3 is 10.2 Å². The van der Waals surface area contributed by atoms with Crippen LogP contribution >= 0.6 is 0 Å². The number of carboxylic acid groups (broad SMARTS) is 1. The quantitative estimate of drug-likeness (QED) is 0.868. The second kappa shape index (κ2) is 5.97. The molecule has 5 nitrogen and oxygen atoms in total. The van der Waals surface area contributed by atoms with Gasteiger partial charge in [-0.2, -0.15) is 0 Å². The summed E-state index contributed by atoms with van der Waals surface area (Å²) in [5, 5.41) is 20.2. The van der Waals surface area contributed by atoms with Crippen molar-refractivity contribution in [3.63, 3.8) is 0 Å². The van der Waals surface area contributed by atoms with Crippen LogP contribution in [0, 0.1) is 18.3 Å². The molecule has 2 aliphatic rings. The molecule has 0 bridgehead atoms. The summed E-state index contributed by atoms with van der Waals surface area (Å²) in [7, 11) is 0. The molecule has 2 fully saturated rings. The van der Waals surface area contributed by atoms with Crippen molar-refractivity contribution in [1.82, 2.24) is 9.88 Å². The van der Waals surface area contributed by atoms with Gasteiger partial charge in [-0.05, 0) is 37.3 Å². The predicted octanol–water partition coefficient (Wildman–Crippen LogP) is 1.83. The number of hydrogen-bond acceptors (Lipinski definition) is 4. The molecule has 0 radical (unpaired) electrons. The van der Waals surface area contributed by atoms with E-state index in [2.05, 4.69) is 9.88 Å². The molecule has 2 N–H and O–H groups in total. The predicted molar refractivity (Wildman–Crippen MR) is 82.3 cm³/mol. The van der Waals surface area contributed by atoms with Crippen molar-refractivity contribution in [2.75, 3.05) is 13.1 Å². The van der Waals surface area contributed by atoms with Crippen molar-refractivity contribution < 1.29 is 15.0 Å². The van der Waals surface area contributed by atoms with E-state index in [1.165, 1.54) is 0 Å². The largest absolute Gasteiger partial charge is 0.481 e. The number of aliphatic hydroxyl groups excluding tert-OH is 1. The van der Waals surface area contributed by atoms with Crippen LogP contribution in [0.2, 0.25) is 0 Å². The molecule has 1 aliphatic heterocycles. The zero-order valence-electron chi connectivity index (χ0n) is 13.0. The van der Waals surface area contributed by atoms with Crippen molar-refractivity contribution in [1.29, 1.82) is 0 Å². The van der Waals surface area contributed by atoms with Gasteiger partial charge >= 0.3 is 5.97 Å². The first-order valence-corrected chi connectivity index (χ1v) is 8.05. The number of carbonyl (C=O) groups is 1. The molecule has 1 saturated heterocycles. The fourth-order valence-electron chi connectivity index (χ4n) is 3.56. The van der Waals surface area contributed by atoms with Gasteiger partial charge in [0.2, 0.25) is 0 Å². The maximum absolute atomic E-state index is 11.9. The Labute approximate surface area is 131 Å². The number of piperidine rings is 1. The molecule has 120 valence electrons. The summed E-state index contributed by atoms with van der Waals surface area (Å²) in [6, 6.07) is 3.95. The van der Waals surface area contributed by atoms with Crippen molar-refractivity contribution in [3.8, 4) is 0 Å². The number of likely N-dealkylation sites (tertiary alicyclic amines) is 1. The summed E-state index contributed by atoms with van der Waals surface area (Å²) in [5.41, 5.74) is 1.11. The second-order valence-corrected chi connectivity index (χ2v) is 6.87. The Hall–Kier alpha value is -1.46. The lowest BCUT2D eigenvalue weighted by Gasteiger charge is -2.43. The third-order valence-electron chi connectivity index (χ3n) is 5.15. The standard InChI is InChI=1S/C17H24N2O3/c1-12-14(3-2-7-18-12)10-19-8-6-15(20)17(11-19,16(21)22)9-13-4-5-13/h2-3,7,13,15,20H,4-6,8-11H2,1H3,(H,21,22)/t15-,17-/m1/s1. The molecule has 1 aromatic heterocycles. The minimum Gasteiger partial charge on any atom is -0.481 e. The fourth-order valence-corrected chi connectivity index (χ4v) is 3.56. The molecular weight excluding hydrogens is 280 g/mol. The Kier molecular flexibility index (Phi) is 4.19. The van der Waals surface area contributed by atoms with Gasteiger partial charge in [0.1, 0.15) is 5.41 Å². The van der Waals surface area contributed by atoms with Crippen molar-refractivity contribution in [2.45, 2.75) is 45.3 Å². The van der Waals surface area contributed by atoms with Gasteiger partial charge in [0.05, 0.1) is 6.10 Å². The number of nitrogens with zero attached hydrogens (tertiary/aromatic N) is 2. The molecule has 1 aromatic rings. The van der Waals surface area contributed by atoms with Gasteiger partial charge in [-0.15, -0.1) is 0 Å². The zero-order chi connectivity index (χ0) is 15.7. The minimum atomic E-state index is -1.00. The Morgan fingerprint density at radius 2 is 2.23 bits per heavy atom. The topological polar surface area (TPSA) is 73.7 Å². The lowest BCUT2D eigenvalue weighted by atomic mass is 9.73. The Morgan fingerprint density at radius 3 is 2.86 bits per heavy atom. The molecule has 0 spiro atoms. The summed E-state index contributed by atoms with van der Waals surface area (Å²) >= 11 is 0. The number of aromatic nitrogens is 1. The molecule has 22 heavy (non-hydrogen) atoms. The number of rotatable bonds is 5. The van der Waals surface area contributed by atoms with Gasteiger partial charge in [-0.3, -0.25) is 14.7 Å². The first kappa shape index (κ1) is 15.4. The Balaban J connectivity index is 1.77. The molecule has 5 heteroatoms. The first-order chi connectivity index (χ1) is 10.5. The van der Waals surface area contributed by atoms with Crippen LogP contribution in [0.3, 0.4) is 0 Å². The van der Waals surface area contributed by atoms with E-state index < -0.39 is 17.5 Å². The number of carboxylic acids is 1. The highest BCUT2D eigenvalue weighted by Gasteiger charge is 2.51. The maximum Gasteiger partial charge on any atom is 0.313 e. The van der Waals surface area contributed by atoms with E-state index in [-0.39, 0.29) is 0 Å². The van der Waals surface area contributed by atoms with E-state index in [4.69, 9.17) is 0 Å². The summed E-state index contributed by atoms with van der Waals surface area (Å²) in [6.45, 7) is 3.83. The van der Waals surface area contributed by atoms with Crippen LogP contribution in [0.5, 0.6) is 0 Å². The van der Waals surface area contributed by atoms with E-state index in [9.17, 15) is 15.0 Å². The summed E-state index contributed by atoms with van der Waals surface area (Å²) in [5.74, 6) is -0.370. The fraction of sp³-hybridized carbons (Fsp3) is 0.647. The van der Waals surface area contributed by atoms with Crippen molar-refractivity contribution >= 4 is 5.97 Å². The molecule has 0 aromatic carbocycles. The van der Waals surface area contributed by atoms with Gasteiger partial charge in [0.25, 0.3) is 0 Å². The van der Waals surface area contributed by atoms with E-state index in [1.54, 1.807) is 6.20 Å². The monoisotopic (exact) mass is 304 g/mol. The highest BCUT2D eigenvalue weighted by Crippen LogP contribution is 2.45. The van der Waals surface area contributed by atoms with Gasteiger partial charge in [-0.25, -0.2) is 0 Å². The third-order valence-corrected chi connectivity index (χ3v) is 5.15. The average molecular weight is 304 g/mol. The number of pyridine rings is 1. The highest BCUT2D eigenvalue weighted by molar-refractivity contribution is 5.76. The van der Waals surface area contributed by atoms with Crippen LogP contribution in [0.4, 0.5) is 0 Å². The Morgan fingerprint density at radius 1 is 1.45 bits per heavy atom. The molecule has 3 rings (SSSR count). The first-order valence-electron chi connectivity index (χ1n) is 8.05. The molecule has 1 saturated carbocycles. The zero-order valence-corrected chi connectivity index (χ0v) is 13.0. The highest BCUT2D eigenvalue weighted by atomic mass is 16.4. The Bertz CT molecular complexity index is 559. The van der Waals surface area contributed by atoms with E-state index in [0.717, 1.165) is 30.6 Å². The van der Waals surface area contributed by atoms with Crippen molar-refractivity contribution in [2.24, 2.45) is 11.3 Å². The molecule has 0 unspecified atom stereocenters. The van der Waals surface area contributed by atoms with Crippen LogP contribution in [-0.4, -0.2) is 45.3 Å². The van der Waals surface area contributed by atoms with Crippen LogP contribution in [0.15, 0.2) is 18.3 Å². The normalized spacial score (nSPS) is 29.5. The lowest BCUT2D eigenvalue weighted by Crippen LogP contribution is -2.56. The maximum atomic E-state index is 11.9. The second-order valence-electron chi connectivity index (χ2n) is 6.87. The number of aliphatic carboxylic acids is 1. The number of aliphatic hydroxyl groups is 1. The van der Waals surface area contributed by atoms with Gasteiger partial charge in [0, 0.05) is 31.5 Å². The third kappa shape index (κ3) is 3.01. The van der Waals surface area contributed by atoms with Crippen LogP contribution in [0.25, 0.3) is 0 Å².